The molecule has 6 atom stereocenters. The van der Waals surface area contributed by atoms with Gasteiger partial charge in [0.05, 0.1) is 30.8 Å². The number of amides is 1. The van der Waals surface area contributed by atoms with Crippen molar-refractivity contribution in [2.24, 2.45) is 23.7 Å². The van der Waals surface area contributed by atoms with Crippen molar-refractivity contribution in [1.82, 2.24) is 5.32 Å². The van der Waals surface area contributed by atoms with Gasteiger partial charge < -0.3 is 20.3 Å². The highest BCUT2D eigenvalue weighted by atomic mass is 35.5. The summed E-state index contributed by atoms with van der Waals surface area (Å²) in [6.07, 6.45) is 0.536. The summed E-state index contributed by atoms with van der Waals surface area (Å²) in [7, 11) is 1.08. The molecule has 3 aromatic carbocycles. The molecule has 4 rings (SSSR count). The third-order valence-electron chi connectivity index (χ3n) is 7.68. The maximum absolute atomic E-state index is 13.4. The van der Waals surface area contributed by atoms with Crippen LogP contribution in [-0.2, 0) is 30.3 Å². The quantitative estimate of drug-likeness (QED) is 0.306. The van der Waals surface area contributed by atoms with Crippen LogP contribution in [-0.4, -0.2) is 47.2 Å². The molecule has 0 heterocycles. The molecule has 0 unspecified atom stereocenters. The second-order valence-corrected chi connectivity index (χ2v) is 10.5. The number of carboxylic acids is 2. The van der Waals surface area contributed by atoms with E-state index in [1.54, 1.807) is 19.1 Å². The Kier molecular flexibility index (Phi) is 8.90. The van der Waals surface area contributed by atoms with E-state index in [9.17, 15) is 29.4 Å². The Bertz CT molecular complexity index is 1380. The number of halogens is 1. The highest BCUT2D eigenvalue weighted by Crippen LogP contribution is 2.47. The molecule has 0 radical (unpaired) electrons. The summed E-state index contributed by atoms with van der Waals surface area (Å²) in [5, 5.41) is 22.7. The average Bonchev–Trinajstić information content (AvgIpc) is 2.92. The summed E-state index contributed by atoms with van der Waals surface area (Å²) in [6.45, 7) is 1.81. The number of carboxylic acid groups (broad SMARTS) is 2. The largest absolute Gasteiger partial charge is 0.481 e. The van der Waals surface area contributed by atoms with E-state index in [-0.39, 0.29) is 5.92 Å². The molecule has 3 N–H and O–H groups in total. The standard InChI is InChI=1S/C31H30ClNO7/c1-17(33-28(34)24-25(29(35)36)26(30(37)38)27(24)31(39)40-2)23(16-18-8-14-22(32)15-9-18)21-12-10-20(11-13-21)19-6-4-3-5-7-19/h3-15,17,23-27H,16H2,1-2H3,(H,33,34)(H,35,36)(H,37,38)/t17-,23-,24-,25-,26-,27-/m0/s1. The van der Waals surface area contributed by atoms with Gasteiger partial charge in [-0.3, -0.25) is 19.2 Å². The lowest BCUT2D eigenvalue weighted by molar-refractivity contribution is -0.188. The Morgan fingerprint density at radius 3 is 1.90 bits per heavy atom. The third-order valence-corrected chi connectivity index (χ3v) is 7.93. The van der Waals surface area contributed by atoms with Crippen LogP contribution in [0.1, 0.15) is 24.0 Å². The van der Waals surface area contributed by atoms with Crippen molar-refractivity contribution >= 4 is 35.4 Å². The van der Waals surface area contributed by atoms with E-state index in [0.29, 0.717) is 11.4 Å². The van der Waals surface area contributed by atoms with Crippen molar-refractivity contribution in [2.75, 3.05) is 7.11 Å². The minimum atomic E-state index is -1.55. The molecule has 0 aliphatic heterocycles. The van der Waals surface area contributed by atoms with Crippen molar-refractivity contribution in [3.8, 4) is 11.1 Å². The fourth-order valence-electron chi connectivity index (χ4n) is 5.55. The summed E-state index contributed by atoms with van der Waals surface area (Å²) < 4.78 is 4.72. The van der Waals surface area contributed by atoms with Gasteiger partial charge in [0.15, 0.2) is 0 Å². The first-order valence-corrected chi connectivity index (χ1v) is 13.2. The van der Waals surface area contributed by atoms with Crippen LogP contribution in [0.5, 0.6) is 0 Å². The Morgan fingerprint density at radius 1 is 0.800 bits per heavy atom. The van der Waals surface area contributed by atoms with Gasteiger partial charge >= 0.3 is 17.9 Å². The van der Waals surface area contributed by atoms with Crippen LogP contribution in [0.4, 0.5) is 0 Å². The predicted octanol–water partition coefficient (Wildman–Crippen LogP) is 4.66. The van der Waals surface area contributed by atoms with Crippen LogP contribution < -0.4 is 5.32 Å². The van der Waals surface area contributed by atoms with Crippen LogP contribution in [0, 0.1) is 23.7 Å². The predicted molar refractivity (Wildman–Crippen MR) is 149 cm³/mol. The number of esters is 1. The third kappa shape index (κ3) is 6.02. The van der Waals surface area contributed by atoms with E-state index < -0.39 is 53.5 Å². The Morgan fingerprint density at radius 2 is 1.35 bits per heavy atom. The number of carbonyl (C=O) groups excluding carboxylic acids is 2. The maximum atomic E-state index is 13.4. The monoisotopic (exact) mass is 563 g/mol. The summed E-state index contributed by atoms with van der Waals surface area (Å²) in [5.41, 5.74) is 4.02. The Hall–Kier alpha value is -4.17. The summed E-state index contributed by atoms with van der Waals surface area (Å²) >= 11 is 6.07. The van der Waals surface area contributed by atoms with E-state index in [2.05, 4.69) is 5.32 Å². The van der Waals surface area contributed by atoms with E-state index in [0.717, 1.165) is 29.4 Å². The van der Waals surface area contributed by atoms with Gasteiger partial charge in [-0.05, 0) is 47.7 Å². The molecule has 3 aromatic rings. The van der Waals surface area contributed by atoms with Crippen molar-refractivity contribution in [1.29, 1.82) is 0 Å². The summed E-state index contributed by atoms with van der Waals surface area (Å²) in [6, 6.07) is 24.8. The van der Waals surface area contributed by atoms with Gasteiger partial charge in [0.1, 0.15) is 0 Å². The first-order valence-electron chi connectivity index (χ1n) is 12.9. The molecule has 1 saturated carbocycles. The molecule has 1 aliphatic rings. The molecule has 1 aliphatic carbocycles. The number of methoxy groups -OCH3 is 1. The fraction of sp³-hybridized carbons (Fsp3) is 0.290. The number of nitrogens with one attached hydrogen (secondary N) is 1. The molecule has 9 heteroatoms. The van der Waals surface area contributed by atoms with Gasteiger partial charge in [-0.2, -0.15) is 0 Å². The maximum Gasteiger partial charge on any atom is 0.310 e. The SMILES string of the molecule is COC(=O)[C@@H]1[C@@H](C(=O)O)[C@@H](C(=O)O)[C@@H]1C(=O)N[C@@H](C)[C@H](Cc1ccc(Cl)cc1)c1ccc(-c2ccccc2)cc1. The second kappa shape index (κ2) is 12.3. The molecule has 0 aromatic heterocycles. The van der Waals surface area contributed by atoms with Gasteiger partial charge in [-0.15, -0.1) is 0 Å². The zero-order chi connectivity index (χ0) is 29.0. The lowest BCUT2D eigenvalue weighted by Gasteiger charge is -2.45. The summed E-state index contributed by atoms with van der Waals surface area (Å²) in [5.74, 6) is -10.6. The van der Waals surface area contributed by atoms with Crippen molar-refractivity contribution in [2.45, 2.75) is 25.3 Å². The highest BCUT2D eigenvalue weighted by molar-refractivity contribution is 6.30. The Labute approximate surface area is 236 Å². The minimum absolute atomic E-state index is 0.231. The lowest BCUT2D eigenvalue weighted by Crippen LogP contribution is -2.63. The molecule has 0 spiro atoms. The van der Waals surface area contributed by atoms with Crippen LogP contribution in [0.15, 0.2) is 78.9 Å². The molecule has 1 fully saturated rings. The highest BCUT2D eigenvalue weighted by Gasteiger charge is 2.64. The molecule has 40 heavy (non-hydrogen) atoms. The van der Waals surface area contributed by atoms with Gasteiger partial charge in [0, 0.05) is 17.0 Å². The van der Waals surface area contributed by atoms with Crippen molar-refractivity contribution < 1.29 is 34.1 Å². The van der Waals surface area contributed by atoms with Crippen LogP contribution in [0.25, 0.3) is 11.1 Å². The minimum Gasteiger partial charge on any atom is -0.481 e. The first-order chi connectivity index (χ1) is 19.1. The van der Waals surface area contributed by atoms with E-state index in [1.807, 2.05) is 66.7 Å². The molecule has 0 saturated heterocycles. The van der Waals surface area contributed by atoms with Gasteiger partial charge in [-0.25, -0.2) is 0 Å². The normalized spacial score (nSPS) is 21.4. The average molecular weight is 564 g/mol. The zero-order valence-corrected chi connectivity index (χ0v) is 22.7. The number of aliphatic carboxylic acids is 2. The van der Waals surface area contributed by atoms with Crippen LogP contribution >= 0.6 is 11.6 Å². The lowest BCUT2D eigenvalue weighted by atomic mass is 9.56. The molecule has 0 bridgehead atoms. The number of benzene rings is 3. The van der Waals surface area contributed by atoms with Gasteiger partial charge in [-0.1, -0.05) is 78.3 Å². The van der Waals surface area contributed by atoms with Gasteiger partial charge in [0.2, 0.25) is 5.91 Å². The van der Waals surface area contributed by atoms with Crippen LogP contribution in [0.3, 0.4) is 0 Å². The molecule has 1 amide bonds. The van der Waals surface area contributed by atoms with Crippen molar-refractivity contribution in [3.63, 3.8) is 0 Å². The summed E-state index contributed by atoms with van der Waals surface area (Å²) in [4.78, 5) is 49.5. The number of hydrogen-bond donors (Lipinski definition) is 3. The van der Waals surface area contributed by atoms with E-state index in [4.69, 9.17) is 16.3 Å². The van der Waals surface area contributed by atoms with E-state index >= 15 is 0 Å². The topological polar surface area (TPSA) is 130 Å². The number of ether oxygens (including phenoxy) is 1. The smallest absolute Gasteiger partial charge is 0.310 e. The number of hydrogen-bond acceptors (Lipinski definition) is 5. The number of rotatable bonds is 10. The Balaban J connectivity index is 1.61. The molecule has 208 valence electrons. The molecular weight excluding hydrogens is 534 g/mol. The fourth-order valence-corrected chi connectivity index (χ4v) is 5.68. The second-order valence-electron chi connectivity index (χ2n) is 10.0. The molecular formula is C31H30ClNO7. The number of carbonyl (C=O) groups is 4. The first kappa shape index (κ1) is 28.8. The van der Waals surface area contributed by atoms with Gasteiger partial charge in [0.25, 0.3) is 0 Å². The van der Waals surface area contributed by atoms with E-state index in [1.165, 1.54) is 0 Å². The zero-order valence-electron chi connectivity index (χ0n) is 22.0. The molecule has 8 nitrogen and oxygen atoms in total. The van der Waals surface area contributed by atoms with Crippen molar-refractivity contribution in [3.05, 3.63) is 95.0 Å². The van der Waals surface area contributed by atoms with Crippen LogP contribution in [0.2, 0.25) is 5.02 Å².